The Balaban J connectivity index is 1.90. The van der Waals surface area contributed by atoms with Crippen LogP contribution in [0.15, 0.2) is 35.4 Å². The molecule has 7 nitrogen and oxygen atoms in total. The Morgan fingerprint density at radius 1 is 1.32 bits per heavy atom. The zero-order valence-corrected chi connectivity index (χ0v) is 16.9. The number of aromatic nitrogens is 2. The van der Waals surface area contributed by atoms with E-state index in [4.69, 9.17) is 16.3 Å². The van der Waals surface area contributed by atoms with Gasteiger partial charge in [0.2, 0.25) is 0 Å². The fourth-order valence-corrected chi connectivity index (χ4v) is 3.99. The minimum Gasteiger partial charge on any atom is -0.465 e. The van der Waals surface area contributed by atoms with Gasteiger partial charge in [0.05, 0.1) is 29.7 Å². The van der Waals surface area contributed by atoms with E-state index in [1.807, 2.05) is 18.2 Å². The molecule has 0 aliphatic rings. The summed E-state index contributed by atoms with van der Waals surface area (Å²) in [5.41, 5.74) is 1.09. The average Bonchev–Trinajstić information content (AvgIpc) is 3.01. The Morgan fingerprint density at radius 2 is 2.07 bits per heavy atom. The van der Waals surface area contributed by atoms with Crippen molar-refractivity contribution in [3.63, 3.8) is 0 Å². The van der Waals surface area contributed by atoms with E-state index in [-0.39, 0.29) is 25.3 Å². The highest BCUT2D eigenvalue weighted by Gasteiger charge is 2.20. The molecule has 0 saturated heterocycles. The second kappa shape index (κ2) is 8.53. The lowest BCUT2D eigenvalue weighted by atomic mass is 10.2. The number of esters is 1. The number of hydrogen-bond donors (Lipinski definition) is 1. The summed E-state index contributed by atoms with van der Waals surface area (Å²) in [6.07, 6.45) is 1.45. The second-order valence-electron chi connectivity index (χ2n) is 5.99. The zero-order valence-electron chi connectivity index (χ0n) is 15.3. The van der Waals surface area contributed by atoms with Gasteiger partial charge in [0.25, 0.3) is 11.5 Å². The molecule has 0 bridgehead atoms. The molecule has 0 fully saturated rings. The van der Waals surface area contributed by atoms with E-state index in [1.165, 1.54) is 10.9 Å². The summed E-state index contributed by atoms with van der Waals surface area (Å²) >= 11 is 7.29. The van der Waals surface area contributed by atoms with Gasteiger partial charge in [-0.15, -0.1) is 11.3 Å². The molecule has 3 aromatic rings. The normalized spacial score (nSPS) is 10.8. The monoisotopic (exact) mass is 419 g/mol. The lowest BCUT2D eigenvalue weighted by molar-refractivity contribution is -0.141. The number of nitrogens with one attached hydrogen (secondary N) is 1. The number of amides is 1. The van der Waals surface area contributed by atoms with Crippen molar-refractivity contribution in [1.82, 2.24) is 14.9 Å². The number of ether oxygens (including phenoxy) is 1. The maximum absolute atomic E-state index is 12.9. The number of rotatable bonds is 6. The number of benzene rings is 1. The standard InChI is InChI=1S/C19H18ClN3O4S/c1-3-27-14(24)8-21-17(25)16-11(2)15-18(28-16)22-10-23(19(15)26)9-12-6-4-5-7-13(12)20/h4-7,10H,3,8-9H2,1-2H3,(H,21,25). The topological polar surface area (TPSA) is 90.3 Å². The van der Waals surface area contributed by atoms with Crippen LogP contribution in [0.5, 0.6) is 0 Å². The Bertz CT molecular complexity index is 1110. The van der Waals surface area contributed by atoms with Crippen LogP contribution in [-0.4, -0.2) is 34.6 Å². The molecular weight excluding hydrogens is 402 g/mol. The molecule has 1 amide bonds. The first-order valence-corrected chi connectivity index (χ1v) is 9.77. The van der Waals surface area contributed by atoms with E-state index in [2.05, 4.69) is 10.3 Å². The summed E-state index contributed by atoms with van der Waals surface area (Å²) in [6, 6.07) is 7.27. The van der Waals surface area contributed by atoms with Crippen molar-refractivity contribution in [2.24, 2.45) is 0 Å². The number of carbonyl (C=O) groups is 2. The third-order valence-corrected chi connectivity index (χ3v) is 5.69. The summed E-state index contributed by atoms with van der Waals surface area (Å²) < 4.78 is 6.25. The molecule has 28 heavy (non-hydrogen) atoms. The predicted octanol–water partition coefficient (Wildman–Crippen LogP) is 2.76. The van der Waals surface area contributed by atoms with E-state index in [0.717, 1.165) is 16.9 Å². The van der Waals surface area contributed by atoms with Crippen LogP contribution >= 0.6 is 22.9 Å². The third kappa shape index (κ3) is 4.07. The van der Waals surface area contributed by atoms with Crippen molar-refractivity contribution in [3.05, 3.63) is 62.0 Å². The Morgan fingerprint density at radius 3 is 2.79 bits per heavy atom. The molecule has 2 aromatic heterocycles. The molecule has 0 saturated carbocycles. The molecule has 0 radical (unpaired) electrons. The third-order valence-electron chi connectivity index (χ3n) is 4.12. The number of hydrogen-bond acceptors (Lipinski definition) is 6. The molecule has 146 valence electrons. The minimum atomic E-state index is -0.519. The van der Waals surface area contributed by atoms with Gasteiger partial charge >= 0.3 is 5.97 Å². The molecule has 0 aliphatic heterocycles. The molecule has 2 heterocycles. The molecule has 0 aliphatic carbocycles. The van der Waals surface area contributed by atoms with Crippen molar-refractivity contribution < 1.29 is 14.3 Å². The Kier molecular flexibility index (Phi) is 6.11. The summed E-state index contributed by atoms with van der Waals surface area (Å²) in [5, 5.41) is 3.46. The van der Waals surface area contributed by atoms with Crippen LogP contribution in [0, 0.1) is 6.92 Å². The fraction of sp³-hybridized carbons (Fsp3) is 0.263. The number of nitrogens with zero attached hydrogens (tertiary/aromatic N) is 2. The van der Waals surface area contributed by atoms with Crippen LogP contribution < -0.4 is 10.9 Å². The molecule has 1 aromatic carbocycles. The van der Waals surface area contributed by atoms with Gasteiger partial charge in [-0.1, -0.05) is 29.8 Å². The first-order chi connectivity index (χ1) is 13.4. The predicted molar refractivity (Wildman–Crippen MR) is 108 cm³/mol. The maximum atomic E-state index is 12.9. The van der Waals surface area contributed by atoms with Gasteiger partial charge in [0, 0.05) is 5.02 Å². The van der Waals surface area contributed by atoms with E-state index < -0.39 is 11.9 Å². The Labute approximate surface area is 169 Å². The van der Waals surface area contributed by atoms with E-state index in [1.54, 1.807) is 19.9 Å². The van der Waals surface area contributed by atoms with Crippen LogP contribution in [0.2, 0.25) is 5.02 Å². The second-order valence-corrected chi connectivity index (χ2v) is 7.40. The van der Waals surface area contributed by atoms with Crippen LogP contribution in [-0.2, 0) is 16.1 Å². The molecule has 0 spiro atoms. The highest BCUT2D eigenvalue weighted by Crippen LogP contribution is 2.27. The number of thiophene rings is 1. The largest absolute Gasteiger partial charge is 0.465 e. The van der Waals surface area contributed by atoms with E-state index in [9.17, 15) is 14.4 Å². The van der Waals surface area contributed by atoms with Gasteiger partial charge in [-0.2, -0.15) is 0 Å². The Hall–Kier alpha value is -2.71. The van der Waals surface area contributed by atoms with Crippen molar-refractivity contribution in [3.8, 4) is 0 Å². The van der Waals surface area contributed by atoms with Crippen molar-refractivity contribution >= 4 is 45.0 Å². The summed E-state index contributed by atoms with van der Waals surface area (Å²) in [4.78, 5) is 41.9. The van der Waals surface area contributed by atoms with Crippen molar-refractivity contribution in [1.29, 1.82) is 0 Å². The first-order valence-electron chi connectivity index (χ1n) is 8.58. The highest BCUT2D eigenvalue weighted by atomic mass is 35.5. The van der Waals surface area contributed by atoms with Gasteiger partial charge < -0.3 is 10.1 Å². The summed E-state index contributed by atoms with van der Waals surface area (Å²) in [6.45, 7) is 3.67. The van der Waals surface area contributed by atoms with Crippen molar-refractivity contribution in [2.45, 2.75) is 20.4 Å². The lowest BCUT2D eigenvalue weighted by Crippen LogP contribution is -2.30. The quantitative estimate of drug-likeness (QED) is 0.620. The van der Waals surface area contributed by atoms with Gasteiger partial charge in [-0.25, -0.2) is 4.98 Å². The molecule has 0 unspecified atom stereocenters. The van der Waals surface area contributed by atoms with Crippen molar-refractivity contribution in [2.75, 3.05) is 13.2 Å². The van der Waals surface area contributed by atoms with Crippen LogP contribution in [0.1, 0.15) is 27.7 Å². The SMILES string of the molecule is CCOC(=O)CNC(=O)c1sc2ncn(Cc3ccccc3Cl)c(=O)c2c1C. The van der Waals surface area contributed by atoms with Gasteiger partial charge in [-0.3, -0.25) is 19.0 Å². The number of aryl methyl sites for hydroxylation is 1. The highest BCUT2D eigenvalue weighted by molar-refractivity contribution is 7.20. The number of carbonyl (C=O) groups excluding carboxylic acids is 2. The first kappa shape index (κ1) is 20.0. The summed E-state index contributed by atoms with van der Waals surface area (Å²) in [7, 11) is 0. The molecule has 9 heteroatoms. The van der Waals surface area contributed by atoms with Crippen LogP contribution in [0.3, 0.4) is 0 Å². The number of halogens is 1. The van der Waals surface area contributed by atoms with Gasteiger partial charge in [0.1, 0.15) is 11.4 Å². The van der Waals surface area contributed by atoms with Gasteiger partial charge in [0.15, 0.2) is 0 Å². The molecule has 0 atom stereocenters. The molecule has 1 N–H and O–H groups in total. The average molecular weight is 420 g/mol. The molecular formula is C19H18ClN3O4S. The van der Waals surface area contributed by atoms with Crippen LogP contribution in [0.25, 0.3) is 10.2 Å². The lowest BCUT2D eigenvalue weighted by Gasteiger charge is -2.07. The summed E-state index contributed by atoms with van der Waals surface area (Å²) in [5.74, 6) is -0.958. The van der Waals surface area contributed by atoms with E-state index >= 15 is 0 Å². The fourth-order valence-electron chi connectivity index (χ4n) is 2.74. The van der Waals surface area contributed by atoms with E-state index in [0.29, 0.717) is 25.7 Å². The molecule has 3 rings (SSSR count). The van der Waals surface area contributed by atoms with Crippen LogP contribution in [0.4, 0.5) is 0 Å². The maximum Gasteiger partial charge on any atom is 0.325 e. The minimum absolute atomic E-state index is 0.232. The van der Waals surface area contributed by atoms with Gasteiger partial charge in [-0.05, 0) is 31.0 Å². The smallest absolute Gasteiger partial charge is 0.325 e. The zero-order chi connectivity index (χ0) is 20.3. The number of fused-ring (bicyclic) bond motifs is 1.